The fourth-order valence-corrected chi connectivity index (χ4v) is 3.96. The van der Waals surface area contributed by atoms with E-state index >= 15 is 0 Å². The van der Waals surface area contributed by atoms with Crippen molar-refractivity contribution in [2.24, 2.45) is 0 Å². The predicted octanol–water partition coefficient (Wildman–Crippen LogP) is 2.57. The van der Waals surface area contributed by atoms with Crippen molar-refractivity contribution in [3.8, 4) is 17.2 Å². The van der Waals surface area contributed by atoms with Crippen LogP contribution in [0.25, 0.3) is 0 Å². The second-order valence-corrected chi connectivity index (χ2v) is 7.17. The number of esters is 1. The van der Waals surface area contributed by atoms with Gasteiger partial charge in [-0.2, -0.15) is 0 Å². The number of hydrogen-bond donors (Lipinski definition) is 2. The summed E-state index contributed by atoms with van der Waals surface area (Å²) in [4.78, 5) is 25.9. The molecule has 0 amide bonds. The Kier molecular flexibility index (Phi) is 6.66. The van der Waals surface area contributed by atoms with E-state index in [2.05, 4.69) is 5.32 Å². The van der Waals surface area contributed by atoms with Gasteiger partial charge in [-0.3, -0.25) is 4.79 Å². The summed E-state index contributed by atoms with van der Waals surface area (Å²) >= 11 is 0. The van der Waals surface area contributed by atoms with Crippen LogP contribution in [-0.2, 0) is 19.1 Å². The van der Waals surface area contributed by atoms with Crippen molar-refractivity contribution in [3.63, 3.8) is 0 Å². The standard InChI is InChI=1S/C22H27NO7/c1-12-18(22(26)30-9-8-27-2)19(20-14(23-12)6-5-7-15(20)24)13-10-16(28-3)21(25)17(11-13)29-4/h10-11,19,23,25H,5-9H2,1-4H3/t19-/m1/s1. The van der Waals surface area contributed by atoms with E-state index in [1.807, 2.05) is 0 Å². The summed E-state index contributed by atoms with van der Waals surface area (Å²) in [6, 6.07) is 3.24. The third-order valence-corrected chi connectivity index (χ3v) is 5.35. The zero-order valence-electron chi connectivity index (χ0n) is 17.7. The van der Waals surface area contributed by atoms with Gasteiger partial charge in [0.25, 0.3) is 0 Å². The largest absolute Gasteiger partial charge is 0.502 e. The van der Waals surface area contributed by atoms with Crippen molar-refractivity contribution in [1.29, 1.82) is 0 Å². The van der Waals surface area contributed by atoms with E-state index in [-0.39, 0.29) is 36.2 Å². The van der Waals surface area contributed by atoms with E-state index in [9.17, 15) is 14.7 Å². The molecule has 3 rings (SSSR count). The Morgan fingerprint density at radius 2 is 1.80 bits per heavy atom. The molecule has 2 N–H and O–H groups in total. The molecule has 0 fully saturated rings. The highest BCUT2D eigenvalue weighted by Gasteiger charge is 2.39. The minimum atomic E-state index is -0.660. The summed E-state index contributed by atoms with van der Waals surface area (Å²) in [7, 11) is 4.38. The lowest BCUT2D eigenvalue weighted by atomic mass is 9.75. The Labute approximate surface area is 175 Å². The summed E-state index contributed by atoms with van der Waals surface area (Å²) in [6.45, 7) is 2.16. The van der Waals surface area contributed by atoms with Crippen molar-refractivity contribution in [2.75, 3.05) is 34.5 Å². The minimum absolute atomic E-state index is 0.0190. The number of phenols is 1. The first-order valence-electron chi connectivity index (χ1n) is 9.77. The number of hydrogen-bond acceptors (Lipinski definition) is 8. The predicted molar refractivity (Wildman–Crippen MR) is 109 cm³/mol. The molecule has 0 unspecified atom stereocenters. The van der Waals surface area contributed by atoms with Crippen LogP contribution in [0, 0.1) is 0 Å². The van der Waals surface area contributed by atoms with Crippen LogP contribution in [0.5, 0.6) is 17.2 Å². The fourth-order valence-electron chi connectivity index (χ4n) is 3.96. The topological polar surface area (TPSA) is 103 Å². The van der Waals surface area contributed by atoms with Crippen molar-refractivity contribution in [3.05, 3.63) is 40.2 Å². The molecule has 1 aromatic rings. The summed E-state index contributed by atoms with van der Waals surface area (Å²) in [5, 5.41) is 13.5. The number of benzene rings is 1. The van der Waals surface area contributed by atoms with E-state index < -0.39 is 11.9 Å². The number of ketones is 1. The molecule has 0 radical (unpaired) electrons. The fraction of sp³-hybridized carbons (Fsp3) is 0.455. The molecule has 162 valence electrons. The lowest BCUT2D eigenvalue weighted by Crippen LogP contribution is -2.34. The lowest BCUT2D eigenvalue weighted by molar-refractivity contribution is -0.140. The minimum Gasteiger partial charge on any atom is -0.502 e. The van der Waals surface area contributed by atoms with Crippen molar-refractivity contribution >= 4 is 11.8 Å². The maximum Gasteiger partial charge on any atom is 0.336 e. The number of nitrogens with one attached hydrogen (secondary N) is 1. The number of Topliss-reactive ketones (excluding diaryl/α,β-unsaturated/α-hetero) is 1. The van der Waals surface area contributed by atoms with E-state index in [0.29, 0.717) is 35.2 Å². The lowest BCUT2D eigenvalue weighted by Gasteiger charge is -2.34. The van der Waals surface area contributed by atoms with Crippen molar-refractivity contribution < 1.29 is 33.6 Å². The van der Waals surface area contributed by atoms with Gasteiger partial charge in [-0.05, 0) is 37.5 Å². The summed E-state index contributed by atoms with van der Waals surface area (Å²) < 4.78 is 20.9. The molecular weight excluding hydrogens is 390 g/mol. The molecule has 2 aliphatic rings. The Bertz CT molecular complexity index is 891. The quantitative estimate of drug-likeness (QED) is 0.515. The molecule has 0 saturated heterocycles. The molecule has 1 heterocycles. The third-order valence-electron chi connectivity index (χ3n) is 5.35. The molecule has 8 heteroatoms. The van der Waals surface area contributed by atoms with Crippen LogP contribution in [0.15, 0.2) is 34.7 Å². The second-order valence-electron chi connectivity index (χ2n) is 7.17. The van der Waals surface area contributed by atoms with Gasteiger partial charge in [-0.15, -0.1) is 0 Å². The molecule has 1 atom stereocenters. The monoisotopic (exact) mass is 417 g/mol. The molecule has 0 aromatic heterocycles. The zero-order chi connectivity index (χ0) is 21.8. The number of allylic oxidation sites excluding steroid dienone is 3. The molecule has 0 saturated carbocycles. The van der Waals surface area contributed by atoms with Gasteiger partial charge < -0.3 is 29.4 Å². The number of phenolic OH excluding ortho intramolecular Hbond substituents is 1. The second kappa shape index (κ2) is 9.21. The summed E-state index contributed by atoms with van der Waals surface area (Å²) in [5.41, 5.74) is 2.93. The van der Waals surface area contributed by atoms with E-state index in [1.54, 1.807) is 19.1 Å². The zero-order valence-corrected chi connectivity index (χ0v) is 17.7. The van der Waals surface area contributed by atoms with Crippen LogP contribution in [0.2, 0.25) is 0 Å². The highest BCUT2D eigenvalue weighted by Crippen LogP contribution is 2.46. The Hall–Kier alpha value is -3.00. The van der Waals surface area contributed by atoms with Crippen LogP contribution < -0.4 is 14.8 Å². The molecule has 1 aliphatic heterocycles. The SMILES string of the molecule is COCCOC(=O)C1=C(C)NC2=C(C(=O)CCC2)[C@@H]1c1cc(OC)c(O)c(OC)c1. The van der Waals surface area contributed by atoms with Gasteiger partial charge in [0.05, 0.1) is 26.4 Å². The highest BCUT2D eigenvalue weighted by molar-refractivity contribution is 6.03. The van der Waals surface area contributed by atoms with Crippen LogP contribution in [0.3, 0.4) is 0 Å². The number of methoxy groups -OCH3 is 3. The van der Waals surface area contributed by atoms with Crippen molar-refractivity contribution in [1.82, 2.24) is 5.32 Å². The Morgan fingerprint density at radius 3 is 2.40 bits per heavy atom. The molecule has 1 aromatic carbocycles. The first-order valence-corrected chi connectivity index (χ1v) is 9.77. The normalized spacial score (nSPS) is 18.7. The molecule has 1 aliphatic carbocycles. The molecule has 0 spiro atoms. The molecule has 30 heavy (non-hydrogen) atoms. The van der Waals surface area contributed by atoms with Gasteiger partial charge in [-0.1, -0.05) is 0 Å². The number of ether oxygens (including phenoxy) is 4. The van der Waals surface area contributed by atoms with E-state index in [0.717, 1.165) is 12.1 Å². The Morgan fingerprint density at radius 1 is 1.13 bits per heavy atom. The average Bonchev–Trinajstić information content (AvgIpc) is 2.73. The number of dihydropyridines is 1. The van der Waals surface area contributed by atoms with Gasteiger partial charge in [0.1, 0.15) is 6.61 Å². The van der Waals surface area contributed by atoms with Crippen LogP contribution in [-0.4, -0.2) is 51.4 Å². The number of aromatic hydroxyl groups is 1. The van der Waals surface area contributed by atoms with Gasteiger partial charge in [0.2, 0.25) is 5.75 Å². The smallest absolute Gasteiger partial charge is 0.336 e. The van der Waals surface area contributed by atoms with Gasteiger partial charge in [0, 0.05) is 36.4 Å². The van der Waals surface area contributed by atoms with Gasteiger partial charge >= 0.3 is 5.97 Å². The van der Waals surface area contributed by atoms with Crippen LogP contribution in [0.1, 0.15) is 37.7 Å². The number of rotatable bonds is 7. The highest BCUT2D eigenvalue weighted by atomic mass is 16.6. The number of carbonyl (C=O) groups excluding carboxylic acids is 2. The first kappa shape index (κ1) is 21.7. The summed E-state index contributed by atoms with van der Waals surface area (Å²) in [6.07, 6.45) is 1.88. The van der Waals surface area contributed by atoms with Crippen molar-refractivity contribution in [2.45, 2.75) is 32.1 Å². The third kappa shape index (κ3) is 4.00. The maximum atomic E-state index is 13.0. The Balaban J connectivity index is 2.16. The van der Waals surface area contributed by atoms with Crippen LogP contribution in [0.4, 0.5) is 0 Å². The first-order chi connectivity index (χ1) is 14.4. The van der Waals surface area contributed by atoms with Gasteiger partial charge in [0.15, 0.2) is 17.3 Å². The number of carbonyl (C=O) groups is 2. The molecular formula is C22H27NO7. The van der Waals surface area contributed by atoms with E-state index in [1.165, 1.54) is 21.3 Å². The molecule has 0 bridgehead atoms. The summed E-state index contributed by atoms with van der Waals surface area (Å²) in [5.74, 6) is -0.970. The molecule has 8 nitrogen and oxygen atoms in total. The van der Waals surface area contributed by atoms with Gasteiger partial charge in [-0.25, -0.2) is 4.79 Å². The maximum absolute atomic E-state index is 13.0. The van der Waals surface area contributed by atoms with E-state index in [4.69, 9.17) is 18.9 Å². The van der Waals surface area contributed by atoms with Crippen LogP contribution >= 0.6 is 0 Å². The average molecular weight is 417 g/mol.